The van der Waals surface area contributed by atoms with E-state index in [4.69, 9.17) is 27.9 Å². The molecule has 0 aliphatic heterocycles. The molecule has 0 aliphatic rings. The average Bonchev–Trinajstić information content (AvgIpc) is 2.70. The number of halogens is 2. The number of hydrogen-bond acceptors (Lipinski definition) is 4. The number of esters is 1. The van der Waals surface area contributed by atoms with Gasteiger partial charge in [0.15, 0.2) is 6.61 Å². The van der Waals surface area contributed by atoms with Crippen molar-refractivity contribution in [2.24, 2.45) is 0 Å². The Balaban J connectivity index is 1.63. The van der Waals surface area contributed by atoms with Crippen molar-refractivity contribution >= 4 is 40.8 Å². The molecular formula is C21H16Cl2N2O3. The van der Waals surface area contributed by atoms with Crippen LogP contribution >= 0.6 is 23.2 Å². The van der Waals surface area contributed by atoms with Crippen molar-refractivity contribution in [3.8, 4) is 11.3 Å². The minimum Gasteiger partial charge on any atom is -0.452 e. The predicted molar refractivity (Wildman–Crippen MR) is 110 cm³/mol. The molecule has 28 heavy (non-hydrogen) atoms. The summed E-state index contributed by atoms with van der Waals surface area (Å²) in [6.07, 6.45) is 0. The van der Waals surface area contributed by atoms with E-state index in [1.54, 1.807) is 37.3 Å². The first-order valence-electron chi connectivity index (χ1n) is 8.40. The van der Waals surface area contributed by atoms with E-state index in [0.29, 0.717) is 22.0 Å². The van der Waals surface area contributed by atoms with Crippen molar-refractivity contribution in [3.05, 3.63) is 82.0 Å². The first-order chi connectivity index (χ1) is 13.5. The smallest absolute Gasteiger partial charge is 0.340 e. The second kappa shape index (κ2) is 8.87. The summed E-state index contributed by atoms with van der Waals surface area (Å²) in [6, 6.07) is 17.9. The van der Waals surface area contributed by atoms with Gasteiger partial charge in [0.2, 0.25) is 0 Å². The van der Waals surface area contributed by atoms with E-state index in [1.807, 2.05) is 30.3 Å². The molecule has 0 saturated carbocycles. The summed E-state index contributed by atoms with van der Waals surface area (Å²) < 4.78 is 5.09. The fourth-order valence-electron chi connectivity index (χ4n) is 2.54. The predicted octanol–water partition coefficient (Wildman–Crippen LogP) is 5.16. The van der Waals surface area contributed by atoms with Crippen molar-refractivity contribution in [1.82, 2.24) is 4.98 Å². The maximum atomic E-state index is 12.3. The number of aryl methyl sites for hydroxylation is 1. The molecule has 1 N–H and O–H groups in total. The Morgan fingerprint density at radius 1 is 1.00 bits per heavy atom. The van der Waals surface area contributed by atoms with Gasteiger partial charge in [-0.15, -0.1) is 0 Å². The molecule has 5 nitrogen and oxygen atoms in total. The Morgan fingerprint density at radius 3 is 2.46 bits per heavy atom. The van der Waals surface area contributed by atoms with Gasteiger partial charge in [0.25, 0.3) is 5.91 Å². The standard InChI is InChI=1S/C21H16Cl2N2O3/c1-13-15(10-11-17(24-13)14-6-3-2-4-7-14)21(27)28-12-19(26)25-18-9-5-8-16(22)20(18)23/h2-11H,12H2,1H3,(H,25,26). The Morgan fingerprint density at radius 2 is 1.75 bits per heavy atom. The lowest BCUT2D eigenvalue weighted by Crippen LogP contribution is -2.21. The normalized spacial score (nSPS) is 10.4. The number of ether oxygens (including phenoxy) is 1. The van der Waals surface area contributed by atoms with Gasteiger partial charge in [-0.2, -0.15) is 0 Å². The van der Waals surface area contributed by atoms with Crippen LogP contribution in [0.2, 0.25) is 10.0 Å². The van der Waals surface area contributed by atoms with Crippen LogP contribution in [0, 0.1) is 6.92 Å². The van der Waals surface area contributed by atoms with Crippen molar-refractivity contribution in [3.63, 3.8) is 0 Å². The second-order valence-corrected chi connectivity index (χ2v) is 6.71. The number of amides is 1. The fraction of sp³-hybridized carbons (Fsp3) is 0.0952. The lowest BCUT2D eigenvalue weighted by molar-refractivity contribution is -0.119. The number of anilines is 1. The number of hydrogen-bond donors (Lipinski definition) is 1. The van der Waals surface area contributed by atoms with Crippen LogP contribution in [0.1, 0.15) is 16.1 Å². The lowest BCUT2D eigenvalue weighted by Gasteiger charge is -2.10. The molecule has 0 fully saturated rings. The SMILES string of the molecule is Cc1nc(-c2ccccc2)ccc1C(=O)OCC(=O)Nc1cccc(Cl)c1Cl. The molecule has 0 bridgehead atoms. The minimum absolute atomic E-state index is 0.223. The molecule has 3 rings (SSSR count). The van der Waals surface area contributed by atoms with Crippen LogP contribution < -0.4 is 5.32 Å². The minimum atomic E-state index is -0.628. The molecule has 2 aromatic carbocycles. The number of nitrogens with zero attached hydrogens (tertiary/aromatic N) is 1. The van der Waals surface area contributed by atoms with Crippen LogP contribution in [0.15, 0.2) is 60.7 Å². The van der Waals surface area contributed by atoms with Gasteiger partial charge in [-0.05, 0) is 31.2 Å². The third-order valence-corrected chi connectivity index (χ3v) is 4.75. The van der Waals surface area contributed by atoms with Gasteiger partial charge >= 0.3 is 5.97 Å². The summed E-state index contributed by atoms with van der Waals surface area (Å²) >= 11 is 11.9. The number of pyridine rings is 1. The molecule has 1 heterocycles. The van der Waals surface area contributed by atoms with Crippen LogP contribution in [-0.4, -0.2) is 23.5 Å². The summed E-state index contributed by atoms with van der Waals surface area (Å²) in [7, 11) is 0. The van der Waals surface area contributed by atoms with E-state index >= 15 is 0 Å². The maximum Gasteiger partial charge on any atom is 0.340 e. The van der Waals surface area contributed by atoms with E-state index in [1.165, 1.54) is 0 Å². The van der Waals surface area contributed by atoms with Crippen LogP contribution in [0.5, 0.6) is 0 Å². The van der Waals surface area contributed by atoms with Gasteiger partial charge in [-0.25, -0.2) is 4.79 Å². The number of benzene rings is 2. The summed E-state index contributed by atoms with van der Waals surface area (Å²) in [5.74, 6) is -1.15. The monoisotopic (exact) mass is 414 g/mol. The molecular weight excluding hydrogens is 399 g/mol. The number of carbonyl (C=O) groups is 2. The van der Waals surface area contributed by atoms with E-state index < -0.39 is 18.5 Å². The first-order valence-corrected chi connectivity index (χ1v) is 9.15. The number of rotatable bonds is 5. The molecule has 3 aromatic rings. The molecule has 0 aliphatic carbocycles. The molecule has 142 valence electrons. The van der Waals surface area contributed by atoms with Gasteiger partial charge < -0.3 is 10.1 Å². The molecule has 0 atom stereocenters. The molecule has 1 aromatic heterocycles. The summed E-state index contributed by atoms with van der Waals surface area (Å²) in [4.78, 5) is 28.8. The third kappa shape index (κ3) is 4.68. The Labute approximate surface area is 172 Å². The zero-order valence-corrected chi connectivity index (χ0v) is 16.4. The molecule has 0 spiro atoms. The molecule has 0 unspecified atom stereocenters. The van der Waals surface area contributed by atoms with Crippen molar-refractivity contribution in [1.29, 1.82) is 0 Å². The Bertz CT molecular complexity index is 1020. The van der Waals surface area contributed by atoms with Crippen LogP contribution in [-0.2, 0) is 9.53 Å². The van der Waals surface area contributed by atoms with Gasteiger partial charge in [0.05, 0.1) is 32.7 Å². The highest BCUT2D eigenvalue weighted by atomic mass is 35.5. The molecule has 1 amide bonds. The Kier molecular flexibility index (Phi) is 6.29. The topological polar surface area (TPSA) is 68.3 Å². The highest BCUT2D eigenvalue weighted by Crippen LogP contribution is 2.29. The summed E-state index contributed by atoms with van der Waals surface area (Å²) in [5, 5.41) is 3.09. The number of aromatic nitrogens is 1. The molecule has 0 saturated heterocycles. The lowest BCUT2D eigenvalue weighted by atomic mass is 10.1. The van der Waals surface area contributed by atoms with Gasteiger partial charge in [-0.3, -0.25) is 9.78 Å². The molecule has 7 heteroatoms. The quantitative estimate of drug-likeness (QED) is 0.585. The first kappa shape index (κ1) is 19.9. The van der Waals surface area contributed by atoms with Crippen molar-refractivity contribution < 1.29 is 14.3 Å². The average molecular weight is 415 g/mol. The number of carbonyl (C=O) groups excluding carboxylic acids is 2. The van der Waals surface area contributed by atoms with E-state index in [0.717, 1.165) is 11.3 Å². The Hall–Kier alpha value is -2.89. The van der Waals surface area contributed by atoms with Crippen molar-refractivity contribution in [2.75, 3.05) is 11.9 Å². The van der Waals surface area contributed by atoms with E-state index in [2.05, 4.69) is 10.3 Å². The van der Waals surface area contributed by atoms with E-state index in [-0.39, 0.29) is 5.02 Å². The largest absolute Gasteiger partial charge is 0.452 e. The van der Waals surface area contributed by atoms with Crippen LogP contribution in [0.25, 0.3) is 11.3 Å². The van der Waals surface area contributed by atoms with Gasteiger partial charge in [-0.1, -0.05) is 59.6 Å². The molecule has 0 radical (unpaired) electrons. The highest BCUT2D eigenvalue weighted by Gasteiger charge is 2.15. The number of nitrogens with one attached hydrogen (secondary N) is 1. The maximum absolute atomic E-state index is 12.3. The van der Waals surface area contributed by atoms with E-state index in [9.17, 15) is 9.59 Å². The third-order valence-electron chi connectivity index (χ3n) is 3.94. The second-order valence-electron chi connectivity index (χ2n) is 5.92. The zero-order valence-electron chi connectivity index (χ0n) is 14.9. The fourth-order valence-corrected chi connectivity index (χ4v) is 2.89. The van der Waals surface area contributed by atoms with Gasteiger partial charge in [0.1, 0.15) is 0 Å². The summed E-state index contributed by atoms with van der Waals surface area (Å²) in [5.41, 5.74) is 2.87. The van der Waals surface area contributed by atoms with Crippen molar-refractivity contribution in [2.45, 2.75) is 6.92 Å². The zero-order chi connectivity index (χ0) is 20.1. The summed E-state index contributed by atoms with van der Waals surface area (Å²) in [6.45, 7) is 1.26. The van der Waals surface area contributed by atoms with Crippen LogP contribution in [0.4, 0.5) is 5.69 Å². The van der Waals surface area contributed by atoms with Gasteiger partial charge in [0, 0.05) is 5.56 Å². The highest BCUT2D eigenvalue weighted by molar-refractivity contribution is 6.44. The van der Waals surface area contributed by atoms with Crippen LogP contribution in [0.3, 0.4) is 0 Å².